The lowest BCUT2D eigenvalue weighted by molar-refractivity contribution is 0.220. The van der Waals surface area contributed by atoms with E-state index in [1.165, 1.54) is 289 Å². The fourth-order valence-corrected chi connectivity index (χ4v) is 12.1. The van der Waals surface area contributed by atoms with Crippen LogP contribution in [0.2, 0.25) is 0 Å². The van der Waals surface area contributed by atoms with Gasteiger partial charge in [0.2, 0.25) is 5.75 Å². The molecular weight excluding hydrogens is 1020 g/mol. The van der Waals surface area contributed by atoms with E-state index in [1.807, 2.05) is 42.5 Å². The predicted octanol–water partition coefficient (Wildman–Crippen LogP) is 25.4. The molecular formula is C78H128O5. The first kappa shape index (κ1) is 71.8. The van der Waals surface area contributed by atoms with Crippen LogP contribution in [0, 0.1) is 0 Å². The third-order valence-corrected chi connectivity index (χ3v) is 17.5. The number of fused-ring (bicyclic) bond motifs is 1. The molecule has 4 aromatic carbocycles. The van der Waals surface area contributed by atoms with E-state index < -0.39 is 6.10 Å². The molecule has 0 heterocycles. The third-order valence-electron chi connectivity index (χ3n) is 17.5. The van der Waals surface area contributed by atoms with Gasteiger partial charge in [0.25, 0.3) is 0 Å². The van der Waals surface area contributed by atoms with Crippen molar-refractivity contribution in [3.63, 3.8) is 0 Å². The van der Waals surface area contributed by atoms with E-state index in [2.05, 4.69) is 57.2 Å². The molecule has 0 amide bonds. The summed E-state index contributed by atoms with van der Waals surface area (Å²) in [5, 5.41) is 13.3. The van der Waals surface area contributed by atoms with E-state index in [1.54, 1.807) is 0 Å². The molecule has 0 saturated carbocycles. The number of hydrogen-bond donors (Lipinski definition) is 1. The molecule has 0 spiro atoms. The SMILES string of the molecule is CCCCCCCCCCCCCCCCCCOc1cc(COc2ccc3cc(C(O)c4ccccc4)ccc3c2)cc(OCCCCCCCCCCCCCCCCCC)c1OCCCCCCCCCCCCCCCCCC. The van der Waals surface area contributed by atoms with Crippen LogP contribution in [0.5, 0.6) is 23.0 Å². The number of aliphatic hydroxyl groups excluding tert-OH is 1. The number of aliphatic hydroxyl groups is 1. The lowest BCUT2D eigenvalue weighted by Gasteiger charge is -2.19. The first-order chi connectivity index (χ1) is 41.1. The van der Waals surface area contributed by atoms with Gasteiger partial charge in [-0.2, -0.15) is 0 Å². The second kappa shape index (κ2) is 51.5. The molecule has 1 atom stereocenters. The highest BCUT2D eigenvalue weighted by Crippen LogP contribution is 2.40. The van der Waals surface area contributed by atoms with Gasteiger partial charge in [0.05, 0.1) is 19.8 Å². The molecule has 0 aliphatic heterocycles. The molecule has 1 N–H and O–H groups in total. The van der Waals surface area contributed by atoms with Crippen molar-refractivity contribution in [2.75, 3.05) is 19.8 Å². The van der Waals surface area contributed by atoms with Crippen LogP contribution in [-0.2, 0) is 6.61 Å². The molecule has 0 aromatic heterocycles. The van der Waals surface area contributed by atoms with Gasteiger partial charge in [0.15, 0.2) is 11.5 Å². The lowest BCUT2D eigenvalue weighted by Crippen LogP contribution is -2.08. The highest BCUT2D eigenvalue weighted by atomic mass is 16.5. The van der Waals surface area contributed by atoms with E-state index in [0.29, 0.717) is 26.4 Å². The van der Waals surface area contributed by atoms with Crippen molar-refractivity contribution in [1.82, 2.24) is 0 Å². The van der Waals surface area contributed by atoms with Gasteiger partial charge in [-0.25, -0.2) is 0 Å². The summed E-state index contributed by atoms with van der Waals surface area (Å²) in [4.78, 5) is 0. The molecule has 0 fully saturated rings. The summed E-state index contributed by atoms with van der Waals surface area (Å²) in [6, 6.07) is 26.6. The van der Waals surface area contributed by atoms with Crippen LogP contribution in [0.3, 0.4) is 0 Å². The maximum atomic E-state index is 11.1. The number of unbranched alkanes of at least 4 members (excludes halogenated alkanes) is 45. The molecule has 4 rings (SSSR count). The molecule has 0 saturated heterocycles. The summed E-state index contributed by atoms with van der Waals surface area (Å²) < 4.78 is 26.8. The molecule has 0 aliphatic carbocycles. The van der Waals surface area contributed by atoms with Crippen molar-refractivity contribution in [2.45, 2.75) is 342 Å². The third kappa shape index (κ3) is 36.1. The van der Waals surface area contributed by atoms with Crippen molar-refractivity contribution < 1.29 is 24.1 Å². The lowest BCUT2D eigenvalue weighted by atomic mass is 9.98. The zero-order valence-electron chi connectivity index (χ0n) is 54.4. The minimum Gasteiger partial charge on any atom is -0.490 e. The summed E-state index contributed by atoms with van der Waals surface area (Å²) in [5.74, 6) is 3.15. The van der Waals surface area contributed by atoms with Gasteiger partial charge in [-0.05, 0) is 77.1 Å². The molecule has 83 heavy (non-hydrogen) atoms. The van der Waals surface area contributed by atoms with Crippen molar-refractivity contribution in [3.05, 3.63) is 95.6 Å². The Hall–Kier alpha value is -3.70. The zero-order chi connectivity index (χ0) is 58.6. The Bertz CT molecular complexity index is 2000. The minimum absolute atomic E-state index is 0.389. The highest BCUT2D eigenvalue weighted by molar-refractivity contribution is 5.84. The Morgan fingerprint density at radius 3 is 0.964 bits per heavy atom. The van der Waals surface area contributed by atoms with Crippen molar-refractivity contribution in [3.8, 4) is 23.0 Å². The Balaban J connectivity index is 1.31. The van der Waals surface area contributed by atoms with Gasteiger partial charge >= 0.3 is 0 Å². The van der Waals surface area contributed by atoms with Crippen LogP contribution < -0.4 is 18.9 Å². The topological polar surface area (TPSA) is 57.2 Å². The Kier molecular flexibility index (Phi) is 44.6. The largest absolute Gasteiger partial charge is 0.490 e. The summed E-state index contributed by atoms with van der Waals surface area (Å²) in [5.41, 5.74) is 2.80. The monoisotopic (exact) mass is 1140 g/mol. The Morgan fingerprint density at radius 2 is 0.602 bits per heavy atom. The van der Waals surface area contributed by atoms with E-state index >= 15 is 0 Å². The fourth-order valence-electron chi connectivity index (χ4n) is 12.1. The normalized spacial score (nSPS) is 11.9. The second-order valence-corrected chi connectivity index (χ2v) is 25.2. The van der Waals surface area contributed by atoms with Crippen molar-refractivity contribution in [2.24, 2.45) is 0 Å². The van der Waals surface area contributed by atoms with Crippen LogP contribution in [0.4, 0.5) is 0 Å². The van der Waals surface area contributed by atoms with Gasteiger partial charge in [-0.1, -0.05) is 358 Å². The van der Waals surface area contributed by atoms with E-state index in [4.69, 9.17) is 18.9 Å². The Labute approximate surface area is 512 Å². The average Bonchev–Trinajstić information content (AvgIpc) is 3.56. The second-order valence-electron chi connectivity index (χ2n) is 25.2. The molecule has 1 unspecified atom stereocenters. The molecule has 0 bridgehead atoms. The number of hydrogen-bond acceptors (Lipinski definition) is 5. The zero-order valence-corrected chi connectivity index (χ0v) is 54.4. The quantitative estimate of drug-likeness (QED) is 0.0447. The molecule has 5 nitrogen and oxygen atoms in total. The summed E-state index contributed by atoms with van der Waals surface area (Å²) >= 11 is 0. The van der Waals surface area contributed by atoms with Gasteiger partial charge in [0.1, 0.15) is 18.5 Å². The summed E-state index contributed by atoms with van der Waals surface area (Å²) in [6.45, 7) is 9.31. The Morgan fingerprint density at radius 1 is 0.289 bits per heavy atom. The van der Waals surface area contributed by atoms with Crippen LogP contribution in [0.1, 0.15) is 352 Å². The van der Waals surface area contributed by atoms with Crippen molar-refractivity contribution in [1.29, 1.82) is 0 Å². The summed E-state index contributed by atoms with van der Waals surface area (Å²) in [7, 11) is 0. The fraction of sp³-hybridized carbons (Fsp3) is 0.718. The van der Waals surface area contributed by atoms with Crippen LogP contribution in [-0.4, -0.2) is 24.9 Å². The first-order valence-corrected chi connectivity index (χ1v) is 36.1. The minimum atomic E-state index is -0.668. The van der Waals surface area contributed by atoms with Crippen molar-refractivity contribution >= 4 is 10.8 Å². The number of rotatable bonds is 59. The number of benzene rings is 4. The molecule has 470 valence electrons. The maximum absolute atomic E-state index is 11.1. The summed E-state index contributed by atoms with van der Waals surface area (Å²) in [6.07, 6.45) is 64.4. The molecule has 0 aliphatic rings. The van der Waals surface area contributed by atoms with Gasteiger partial charge in [-0.15, -0.1) is 0 Å². The van der Waals surface area contributed by atoms with E-state index in [-0.39, 0.29) is 0 Å². The smallest absolute Gasteiger partial charge is 0.203 e. The predicted molar refractivity (Wildman–Crippen MR) is 360 cm³/mol. The molecule has 5 heteroatoms. The van der Waals surface area contributed by atoms with Crippen LogP contribution >= 0.6 is 0 Å². The van der Waals surface area contributed by atoms with Crippen LogP contribution in [0.15, 0.2) is 78.9 Å². The molecule has 4 aromatic rings. The first-order valence-electron chi connectivity index (χ1n) is 36.1. The van der Waals surface area contributed by atoms with E-state index in [0.717, 1.165) is 69.7 Å². The molecule has 0 radical (unpaired) electrons. The standard InChI is InChI=1S/C78H128O5/c1-4-7-10-13-16-19-22-25-28-31-34-37-40-43-46-52-61-80-75-64-69(68-83-74-60-59-71-66-73(58-57-72(71)67-74)77(79)70-55-50-49-51-56-70)65-76(81-62-53-47-44-41-38-35-32-29-26-23-20-17-14-11-8-5-2)78(75)82-63-54-48-45-42-39-36-33-30-27-24-21-18-15-12-9-6-3/h49-51,55-60,64-67,77,79H,4-48,52-54,61-63,68H2,1-3H3. The van der Waals surface area contributed by atoms with E-state index in [9.17, 15) is 5.11 Å². The van der Waals surface area contributed by atoms with Gasteiger partial charge < -0.3 is 24.1 Å². The number of ether oxygens (including phenoxy) is 4. The highest BCUT2D eigenvalue weighted by Gasteiger charge is 2.18. The van der Waals surface area contributed by atoms with Gasteiger partial charge in [-0.3, -0.25) is 0 Å². The average molecular weight is 1150 g/mol. The van der Waals surface area contributed by atoms with Crippen LogP contribution in [0.25, 0.3) is 10.8 Å². The van der Waals surface area contributed by atoms with Gasteiger partial charge in [0, 0.05) is 0 Å². The maximum Gasteiger partial charge on any atom is 0.203 e.